The molecule has 10 heteroatoms. The number of ketones is 1. The molecule has 0 radical (unpaired) electrons. The van der Waals surface area contributed by atoms with E-state index in [1.54, 1.807) is 22.3 Å². The van der Waals surface area contributed by atoms with E-state index in [0.29, 0.717) is 24.1 Å². The predicted molar refractivity (Wildman–Crippen MR) is 157 cm³/mol. The van der Waals surface area contributed by atoms with Crippen molar-refractivity contribution in [2.75, 3.05) is 51.3 Å². The Balaban J connectivity index is 1.50. The topological polar surface area (TPSA) is 109 Å². The molecule has 3 saturated heterocycles. The average molecular weight is 568 g/mol. The summed E-state index contributed by atoms with van der Waals surface area (Å²) in [6, 6.07) is 4.92. The van der Waals surface area contributed by atoms with Crippen LogP contribution in [-0.2, 0) is 14.3 Å². The number of likely N-dealkylation sites (tertiary alicyclic amines) is 1. The number of piperazine rings is 1. The highest BCUT2D eigenvalue weighted by Crippen LogP contribution is 2.40. The van der Waals surface area contributed by atoms with Crippen LogP contribution in [0.25, 0.3) is 11.3 Å². The smallest absolute Gasteiger partial charge is 0.249 e. The molecule has 40 heavy (non-hydrogen) atoms. The molecule has 2 N–H and O–H groups in total. The predicted octanol–water partition coefficient (Wildman–Crippen LogP) is 3.24. The molecular formula is C30H41N5O4S. The number of Topliss-reactive ketones (excluding diaryl/α,β-unsaturated/α-hetero) is 1. The van der Waals surface area contributed by atoms with Gasteiger partial charge >= 0.3 is 0 Å². The van der Waals surface area contributed by atoms with Crippen molar-refractivity contribution in [1.82, 2.24) is 14.8 Å². The van der Waals surface area contributed by atoms with E-state index in [0.717, 1.165) is 42.6 Å². The molecule has 0 bridgehead atoms. The number of nitrogens with two attached hydrogens (primary N) is 1. The second kappa shape index (κ2) is 11.6. The summed E-state index contributed by atoms with van der Waals surface area (Å²) in [6.45, 7) is 12.7. The summed E-state index contributed by atoms with van der Waals surface area (Å²) < 4.78 is 5.88. The zero-order chi connectivity index (χ0) is 28.7. The standard InChI is InChI=1S/C30H41N5O4S/c1-17(2)12-22(29(38)35-14-23(18(3)4)27-26(35)25(36)15-39-27)21-13-19(6-7-20(21)28(31)37)24-16-40-30(32-24)34-10-8-33(5)9-11-34/h6-7,13,16-18,22-23,26-27H,8-12,14-15H2,1-5H3,(H2,31,37)/t22-,23-,26+,27+/m0/s1. The lowest BCUT2D eigenvalue weighted by atomic mass is 9.84. The molecule has 216 valence electrons. The first-order valence-electron chi connectivity index (χ1n) is 14.3. The van der Waals surface area contributed by atoms with Crippen LogP contribution in [0.15, 0.2) is 23.6 Å². The van der Waals surface area contributed by atoms with Gasteiger partial charge in [-0.3, -0.25) is 14.4 Å². The number of rotatable bonds is 8. The van der Waals surface area contributed by atoms with Gasteiger partial charge < -0.3 is 25.2 Å². The number of aromatic nitrogens is 1. The fourth-order valence-electron chi connectivity index (χ4n) is 6.32. The molecule has 4 heterocycles. The molecule has 2 amide bonds. The maximum Gasteiger partial charge on any atom is 0.249 e. The highest BCUT2D eigenvalue weighted by atomic mass is 32.1. The summed E-state index contributed by atoms with van der Waals surface area (Å²) in [7, 11) is 2.13. The van der Waals surface area contributed by atoms with E-state index in [2.05, 4.69) is 44.5 Å². The second-order valence-corrected chi connectivity index (χ2v) is 13.1. The number of primary amides is 1. The summed E-state index contributed by atoms with van der Waals surface area (Å²) >= 11 is 1.61. The third-order valence-corrected chi connectivity index (χ3v) is 9.52. The summed E-state index contributed by atoms with van der Waals surface area (Å²) in [5.74, 6) is -0.837. The van der Waals surface area contributed by atoms with Crippen LogP contribution in [0.2, 0.25) is 0 Å². The number of carbonyl (C=O) groups excluding carboxylic acids is 3. The Hall–Kier alpha value is -2.82. The first kappa shape index (κ1) is 28.7. The van der Waals surface area contributed by atoms with Crippen molar-refractivity contribution in [3.63, 3.8) is 0 Å². The van der Waals surface area contributed by atoms with Crippen molar-refractivity contribution in [2.24, 2.45) is 23.5 Å². The molecule has 1 aromatic heterocycles. The quantitative estimate of drug-likeness (QED) is 0.522. The normalized spacial score (nSPS) is 24.3. The van der Waals surface area contributed by atoms with E-state index in [4.69, 9.17) is 15.5 Å². The minimum absolute atomic E-state index is 0.0403. The van der Waals surface area contributed by atoms with Crippen molar-refractivity contribution < 1.29 is 19.1 Å². The van der Waals surface area contributed by atoms with E-state index in [9.17, 15) is 14.4 Å². The zero-order valence-corrected chi connectivity index (χ0v) is 24.9. The minimum atomic E-state index is -0.613. The average Bonchev–Trinajstić information content (AvgIpc) is 3.64. The lowest BCUT2D eigenvalue weighted by molar-refractivity contribution is -0.138. The third-order valence-electron chi connectivity index (χ3n) is 8.62. The van der Waals surface area contributed by atoms with Crippen LogP contribution < -0.4 is 10.6 Å². The van der Waals surface area contributed by atoms with Crippen LogP contribution in [0.3, 0.4) is 0 Å². The second-order valence-electron chi connectivity index (χ2n) is 12.2. The molecule has 4 atom stereocenters. The monoisotopic (exact) mass is 567 g/mol. The lowest BCUT2D eigenvalue weighted by Gasteiger charge is -2.32. The number of fused-ring (bicyclic) bond motifs is 1. The number of likely N-dealkylation sites (N-methyl/N-ethyl adjacent to an activating group) is 1. The zero-order valence-electron chi connectivity index (χ0n) is 24.1. The van der Waals surface area contributed by atoms with Gasteiger partial charge in [-0.15, -0.1) is 11.3 Å². The summed E-state index contributed by atoms with van der Waals surface area (Å²) in [5.41, 5.74) is 8.44. The first-order chi connectivity index (χ1) is 19.0. The number of anilines is 1. The van der Waals surface area contributed by atoms with Crippen LogP contribution in [0.1, 0.15) is 56.0 Å². The molecule has 5 rings (SSSR count). The number of thiazole rings is 1. The number of hydrogen-bond acceptors (Lipinski definition) is 8. The van der Waals surface area contributed by atoms with Gasteiger partial charge in [-0.1, -0.05) is 33.8 Å². The molecule has 0 unspecified atom stereocenters. The summed E-state index contributed by atoms with van der Waals surface area (Å²) in [5, 5.41) is 3.00. The van der Waals surface area contributed by atoms with Crippen LogP contribution in [0.5, 0.6) is 0 Å². The van der Waals surface area contributed by atoms with Gasteiger partial charge in [0.1, 0.15) is 12.6 Å². The van der Waals surface area contributed by atoms with Crippen molar-refractivity contribution in [1.29, 1.82) is 0 Å². The Kier molecular flexibility index (Phi) is 8.31. The van der Waals surface area contributed by atoms with Gasteiger partial charge in [-0.25, -0.2) is 4.98 Å². The summed E-state index contributed by atoms with van der Waals surface area (Å²) in [6.07, 6.45) is 0.252. The van der Waals surface area contributed by atoms with Crippen molar-refractivity contribution in [3.05, 3.63) is 34.7 Å². The highest BCUT2D eigenvalue weighted by Gasteiger charge is 2.53. The van der Waals surface area contributed by atoms with Gasteiger partial charge in [-0.05, 0) is 43.0 Å². The number of amides is 2. The fraction of sp³-hybridized carbons (Fsp3) is 0.600. The highest BCUT2D eigenvalue weighted by molar-refractivity contribution is 7.14. The number of hydrogen-bond donors (Lipinski definition) is 1. The van der Waals surface area contributed by atoms with E-state index >= 15 is 0 Å². The largest absolute Gasteiger partial charge is 0.367 e. The molecule has 3 aliphatic heterocycles. The lowest BCUT2D eigenvalue weighted by Crippen LogP contribution is -2.44. The Morgan fingerprint density at radius 3 is 2.52 bits per heavy atom. The number of nitrogens with zero attached hydrogens (tertiary/aromatic N) is 4. The van der Waals surface area contributed by atoms with Gasteiger partial charge in [0.25, 0.3) is 0 Å². The Labute approximate surface area is 240 Å². The molecule has 3 aliphatic rings. The maximum absolute atomic E-state index is 14.3. The van der Waals surface area contributed by atoms with Gasteiger partial charge in [0.15, 0.2) is 10.9 Å². The van der Waals surface area contributed by atoms with Crippen molar-refractivity contribution in [3.8, 4) is 11.3 Å². The van der Waals surface area contributed by atoms with Gasteiger partial charge in [0.2, 0.25) is 11.8 Å². The van der Waals surface area contributed by atoms with Gasteiger partial charge in [-0.2, -0.15) is 0 Å². The van der Waals surface area contributed by atoms with E-state index in [-0.39, 0.29) is 42.2 Å². The van der Waals surface area contributed by atoms with E-state index < -0.39 is 17.9 Å². The van der Waals surface area contributed by atoms with Crippen LogP contribution in [-0.4, -0.2) is 90.9 Å². The molecule has 0 spiro atoms. The van der Waals surface area contributed by atoms with Crippen LogP contribution in [0.4, 0.5) is 5.13 Å². The van der Waals surface area contributed by atoms with Crippen LogP contribution >= 0.6 is 11.3 Å². The SMILES string of the molecule is CC(C)C[C@H](C(=O)N1C[C@@H](C(C)C)[C@H]2OCC(=O)[C@H]21)c1cc(-c2csc(N3CCN(C)CC3)n2)ccc1C(N)=O. The molecule has 0 aliphatic carbocycles. The van der Waals surface area contributed by atoms with Crippen LogP contribution in [0, 0.1) is 17.8 Å². The molecule has 3 fully saturated rings. The molecule has 2 aromatic rings. The molecular weight excluding hydrogens is 526 g/mol. The van der Waals surface area contributed by atoms with Gasteiger partial charge in [0.05, 0.1) is 17.7 Å². The summed E-state index contributed by atoms with van der Waals surface area (Å²) in [4.78, 5) is 51.1. The fourth-order valence-corrected chi connectivity index (χ4v) is 7.20. The Bertz CT molecular complexity index is 1270. The Morgan fingerprint density at radius 2 is 1.88 bits per heavy atom. The minimum Gasteiger partial charge on any atom is -0.367 e. The molecule has 9 nitrogen and oxygen atoms in total. The number of benzene rings is 1. The molecule has 0 saturated carbocycles. The van der Waals surface area contributed by atoms with Crippen molar-refractivity contribution >= 4 is 34.1 Å². The third kappa shape index (κ3) is 5.53. The van der Waals surface area contributed by atoms with E-state index in [1.165, 1.54) is 0 Å². The molecule has 1 aromatic carbocycles. The van der Waals surface area contributed by atoms with Crippen molar-refractivity contribution in [2.45, 2.75) is 52.2 Å². The van der Waals surface area contributed by atoms with Gasteiger partial charge in [0, 0.05) is 55.1 Å². The number of ether oxygens (including phenoxy) is 1. The maximum atomic E-state index is 14.3. The number of carbonyl (C=O) groups is 3. The van der Waals surface area contributed by atoms with E-state index in [1.807, 2.05) is 17.5 Å². The first-order valence-corrected chi connectivity index (χ1v) is 15.2. The Morgan fingerprint density at radius 1 is 1.15 bits per heavy atom.